The number of nitrogens with zero attached hydrogens (tertiary/aromatic N) is 3. The van der Waals surface area contributed by atoms with Crippen molar-refractivity contribution < 1.29 is 19.4 Å². The molecule has 10 heteroatoms. The second kappa shape index (κ2) is 13.7. The van der Waals surface area contributed by atoms with Crippen LogP contribution in [-0.2, 0) is 12.8 Å². The van der Waals surface area contributed by atoms with E-state index in [-0.39, 0.29) is 18.5 Å². The van der Waals surface area contributed by atoms with E-state index in [0.717, 1.165) is 49.5 Å². The summed E-state index contributed by atoms with van der Waals surface area (Å²) in [6.07, 6.45) is 4.66. The lowest BCUT2D eigenvalue weighted by molar-refractivity contribution is 0.0995. The zero-order valence-electron chi connectivity index (χ0n) is 23.8. The Morgan fingerprint density at radius 2 is 1.86 bits per heavy atom. The van der Waals surface area contributed by atoms with Crippen molar-refractivity contribution in [3.8, 4) is 17.6 Å². The van der Waals surface area contributed by atoms with Crippen LogP contribution >= 0.6 is 11.6 Å². The van der Waals surface area contributed by atoms with Gasteiger partial charge in [-0.15, -0.1) is 0 Å². The Morgan fingerprint density at radius 3 is 2.63 bits per heavy atom. The zero-order valence-corrected chi connectivity index (χ0v) is 24.6. The highest BCUT2D eigenvalue weighted by Gasteiger charge is 2.25. The van der Waals surface area contributed by atoms with Crippen molar-refractivity contribution >= 4 is 29.2 Å². The number of hydrogen-bond donors (Lipinski definition) is 3. The first-order chi connectivity index (χ1) is 20.8. The Balaban J connectivity index is 1.22. The molecule has 3 aromatic rings. The highest BCUT2D eigenvalue weighted by Crippen LogP contribution is 2.38. The molecular formula is C33H34ClN5O4. The maximum absolute atomic E-state index is 12.1. The van der Waals surface area contributed by atoms with E-state index in [2.05, 4.69) is 34.9 Å². The van der Waals surface area contributed by atoms with Gasteiger partial charge < -0.3 is 15.6 Å². The van der Waals surface area contributed by atoms with E-state index < -0.39 is 12.0 Å². The van der Waals surface area contributed by atoms with Crippen molar-refractivity contribution in [1.82, 2.24) is 14.9 Å². The quantitative estimate of drug-likeness (QED) is 0.157. The maximum Gasteiger partial charge on any atom is 0.421 e. The van der Waals surface area contributed by atoms with E-state index in [9.17, 15) is 9.59 Å². The van der Waals surface area contributed by atoms with Crippen LogP contribution in [0.5, 0.6) is 5.75 Å². The molecule has 1 fully saturated rings. The molecular weight excluding hydrogens is 566 g/mol. The van der Waals surface area contributed by atoms with Crippen molar-refractivity contribution in [2.45, 2.75) is 32.1 Å². The Kier molecular flexibility index (Phi) is 9.62. The summed E-state index contributed by atoms with van der Waals surface area (Å²) in [5, 5.41) is 10.2. The molecule has 1 aliphatic carbocycles. The SMILES string of the molecule is NC(=O)c1cc(C#CCCN(N)C(=O)O)ccc1OCCN1CCC(=C2c3ccc(Cl)cc3CCc3cccnc32)CC1. The largest absolute Gasteiger partial charge is 0.491 e. The molecule has 1 aromatic heterocycles. The van der Waals surface area contributed by atoms with Gasteiger partial charge in [-0.2, -0.15) is 0 Å². The van der Waals surface area contributed by atoms with Crippen LogP contribution < -0.4 is 16.3 Å². The number of likely N-dealkylation sites (tertiary alicyclic amines) is 1. The predicted molar refractivity (Wildman–Crippen MR) is 166 cm³/mol. The summed E-state index contributed by atoms with van der Waals surface area (Å²) in [6, 6.07) is 15.4. The molecule has 0 spiro atoms. The van der Waals surface area contributed by atoms with Gasteiger partial charge in [-0.25, -0.2) is 15.6 Å². The van der Waals surface area contributed by atoms with Crippen LogP contribution in [0.25, 0.3) is 5.57 Å². The van der Waals surface area contributed by atoms with E-state index in [1.54, 1.807) is 18.2 Å². The third-order valence-corrected chi connectivity index (χ3v) is 8.04. The highest BCUT2D eigenvalue weighted by atomic mass is 35.5. The van der Waals surface area contributed by atoms with Crippen LogP contribution in [0.1, 0.15) is 57.6 Å². The highest BCUT2D eigenvalue weighted by molar-refractivity contribution is 6.30. The standard InChI is InChI=1S/C33H34ClN5O4/c34-26-9-10-27-25(21-26)8-7-24-5-3-14-37-31(24)30(27)23-12-16-38(17-13-23)18-19-43-29-11-6-22(20-28(29)32(35)40)4-1-2-15-39(36)33(41)42/h3,5-6,9-11,14,20-21H,2,7-8,12-13,15-19,36H2,(H2,35,40)(H,41,42). The number of carbonyl (C=O) groups is 2. The molecule has 2 heterocycles. The summed E-state index contributed by atoms with van der Waals surface area (Å²) < 4.78 is 5.99. The summed E-state index contributed by atoms with van der Waals surface area (Å²) in [5.41, 5.74) is 14.0. The van der Waals surface area contributed by atoms with Crippen LogP contribution in [-0.4, -0.2) is 64.8 Å². The number of ether oxygens (including phenoxy) is 1. The molecule has 1 saturated heterocycles. The van der Waals surface area contributed by atoms with Gasteiger partial charge >= 0.3 is 6.09 Å². The smallest absolute Gasteiger partial charge is 0.421 e. The minimum atomic E-state index is -1.22. The number of piperidine rings is 1. The molecule has 5 N–H and O–H groups in total. The molecule has 43 heavy (non-hydrogen) atoms. The molecule has 0 bridgehead atoms. The Labute approximate surface area is 256 Å². The van der Waals surface area contributed by atoms with Crippen molar-refractivity contribution in [2.24, 2.45) is 11.6 Å². The predicted octanol–water partition coefficient (Wildman–Crippen LogP) is 4.50. The number of hydrazine groups is 1. The molecule has 9 nitrogen and oxygen atoms in total. The lowest BCUT2D eigenvalue weighted by Crippen LogP contribution is -2.36. The van der Waals surface area contributed by atoms with E-state index in [4.69, 9.17) is 38.0 Å². The van der Waals surface area contributed by atoms with Crippen molar-refractivity contribution in [1.29, 1.82) is 0 Å². The summed E-state index contributed by atoms with van der Waals surface area (Å²) in [4.78, 5) is 30.1. The number of primary amides is 1. The summed E-state index contributed by atoms with van der Waals surface area (Å²) in [7, 11) is 0. The number of nitrogens with two attached hydrogens (primary N) is 2. The van der Waals surface area contributed by atoms with Gasteiger partial charge in [0.15, 0.2) is 0 Å². The summed E-state index contributed by atoms with van der Waals surface area (Å²) in [5.74, 6) is 10.9. The molecule has 2 aromatic carbocycles. The monoisotopic (exact) mass is 599 g/mol. The Hall–Kier alpha value is -4.36. The van der Waals surface area contributed by atoms with Crippen molar-refractivity contribution in [3.63, 3.8) is 0 Å². The lowest BCUT2D eigenvalue weighted by Gasteiger charge is -2.30. The van der Waals surface area contributed by atoms with Gasteiger partial charge in [0.05, 0.1) is 17.8 Å². The average molecular weight is 600 g/mol. The van der Waals surface area contributed by atoms with Crippen LogP contribution in [0.15, 0.2) is 60.3 Å². The normalized spacial score (nSPS) is 14.6. The van der Waals surface area contributed by atoms with Gasteiger partial charge in [-0.05, 0) is 78.8 Å². The third-order valence-electron chi connectivity index (χ3n) is 7.81. The number of amides is 2. The molecule has 5 rings (SSSR count). The molecule has 0 saturated carbocycles. The van der Waals surface area contributed by atoms with E-state index >= 15 is 0 Å². The zero-order chi connectivity index (χ0) is 30.3. The second-order valence-electron chi connectivity index (χ2n) is 10.6. The number of aryl methyl sites for hydroxylation is 2. The maximum atomic E-state index is 12.1. The van der Waals surface area contributed by atoms with Gasteiger partial charge in [0.25, 0.3) is 5.91 Å². The lowest BCUT2D eigenvalue weighted by atomic mass is 9.88. The van der Waals surface area contributed by atoms with Crippen LogP contribution in [0.3, 0.4) is 0 Å². The van der Waals surface area contributed by atoms with Gasteiger partial charge in [-0.3, -0.25) is 14.7 Å². The minimum absolute atomic E-state index is 0.0770. The fourth-order valence-electron chi connectivity index (χ4n) is 5.58. The number of rotatable bonds is 7. The Bertz CT molecular complexity index is 1620. The molecule has 1 aliphatic heterocycles. The summed E-state index contributed by atoms with van der Waals surface area (Å²) in [6.45, 7) is 2.99. The molecule has 0 atom stereocenters. The number of hydrogen-bond acceptors (Lipinski definition) is 6. The fourth-order valence-corrected chi connectivity index (χ4v) is 5.77. The molecule has 0 radical (unpaired) electrons. The van der Waals surface area contributed by atoms with Crippen LogP contribution in [0, 0.1) is 11.8 Å². The topological polar surface area (TPSA) is 135 Å². The van der Waals surface area contributed by atoms with Gasteiger partial charge in [0, 0.05) is 48.4 Å². The van der Waals surface area contributed by atoms with E-state index in [1.165, 1.54) is 27.8 Å². The first-order valence-corrected chi connectivity index (χ1v) is 14.7. The van der Waals surface area contributed by atoms with E-state index in [1.807, 2.05) is 18.3 Å². The third kappa shape index (κ3) is 7.35. The molecule has 2 aliphatic rings. The first-order valence-electron chi connectivity index (χ1n) is 14.3. The first kappa shape index (κ1) is 30.1. The number of pyridine rings is 1. The average Bonchev–Trinajstić information content (AvgIpc) is 3.16. The number of fused-ring (bicyclic) bond motifs is 2. The van der Waals surface area contributed by atoms with Gasteiger partial charge in [0.1, 0.15) is 12.4 Å². The van der Waals surface area contributed by atoms with E-state index in [0.29, 0.717) is 29.5 Å². The summed E-state index contributed by atoms with van der Waals surface area (Å²) >= 11 is 6.36. The fraction of sp³-hybridized carbons (Fsp3) is 0.303. The van der Waals surface area contributed by atoms with Crippen molar-refractivity contribution in [3.05, 3.63) is 98.8 Å². The minimum Gasteiger partial charge on any atom is -0.491 e. The molecule has 0 unspecified atom stereocenters. The van der Waals surface area contributed by atoms with Crippen LogP contribution in [0.4, 0.5) is 4.79 Å². The number of aromatic nitrogens is 1. The number of carbonyl (C=O) groups excluding carboxylic acids is 1. The Morgan fingerprint density at radius 1 is 1.07 bits per heavy atom. The number of carboxylic acid groups (broad SMARTS) is 1. The second-order valence-corrected chi connectivity index (χ2v) is 11.0. The number of benzene rings is 2. The van der Waals surface area contributed by atoms with Gasteiger partial charge in [0.2, 0.25) is 0 Å². The molecule has 222 valence electrons. The number of halogens is 1. The van der Waals surface area contributed by atoms with Crippen LogP contribution in [0.2, 0.25) is 5.02 Å². The van der Waals surface area contributed by atoms with Gasteiger partial charge in [-0.1, -0.05) is 41.1 Å². The molecule has 2 amide bonds. The van der Waals surface area contributed by atoms with Crippen molar-refractivity contribution in [2.75, 3.05) is 32.8 Å².